The lowest BCUT2D eigenvalue weighted by Crippen LogP contribution is -2.42. The quantitative estimate of drug-likeness (QED) is 0.470. The van der Waals surface area contributed by atoms with Crippen LogP contribution in [0.25, 0.3) is 5.76 Å². The zero-order valence-electron chi connectivity index (χ0n) is 19.8. The molecule has 0 amide bonds. The zero-order valence-corrected chi connectivity index (χ0v) is 20.6. The number of nitrogens with zero attached hydrogens (tertiary/aromatic N) is 1. The fourth-order valence-electron chi connectivity index (χ4n) is 3.98. The van der Waals surface area contributed by atoms with Crippen molar-refractivity contribution in [3.05, 3.63) is 101 Å². The van der Waals surface area contributed by atoms with Crippen molar-refractivity contribution in [1.29, 1.82) is 0 Å². The van der Waals surface area contributed by atoms with Gasteiger partial charge in [-0.3, -0.25) is 4.31 Å². The number of rotatable bonds is 4. The molecule has 1 aliphatic heterocycles. The number of aliphatic hydroxyl groups excluding tert-OH is 1. The molecule has 0 radical (unpaired) electrons. The summed E-state index contributed by atoms with van der Waals surface area (Å²) in [4.78, 5) is 13.4. The molecule has 0 spiro atoms. The van der Waals surface area contributed by atoms with Crippen LogP contribution in [0, 0.1) is 12.7 Å². The summed E-state index contributed by atoms with van der Waals surface area (Å²) in [6.07, 6.45) is 0. The molecule has 1 atom stereocenters. The van der Waals surface area contributed by atoms with Gasteiger partial charge >= 0.3 is 5.97 Å². The van der Waals surface area contributed by atoms with Crippen molar-refractivity contribution in [3.8, 4) is 0 Å². The summed E-state index contributed by atoms with van der Waals surface area (Å²) in [7, 11) is -4.25. The first-order chi connectivity index (χ1) is 16.4. The van der Waals surface area contributed by atoms with Gasteiger partial charge in [0.25, 0.3) is 10.0 Å². The number of carbonyl (C=O) groups is 1. The Hall–Kier alpha value is -3.65. The molecule has 182 valence electrons. The average Bonchev–Trinajstić information content (AvgIpc) is 2.78. The summed E-state index contributed by atoms with van der Waals surface area (Å²) in [5.41, 5.74) is 0.375. The molecular weight excluding hydrogens is 469 g/mol. The Balaban J connectivity index is 2.03. The van der Waals surface area contributed by atoms with E-state index in [4.69, 9.17) is 4.74 Å². The molecule has 0 bridgehead atoms. The SMILES string of the molecule is Cc1ccc(S(=O)(=O)N2c3ccccc3C(O)=C(C(=O)OC(C)(C)C)[C@H]2c2ccc(F)cc2)cc1. The Morgan fingerprint density at radius 1 is 0.971 bits per heavy atom. The number of esters is 1. The van der Waals surface area contributed by atoms with Crippen LogP contribution in [0.5, 0.6) is 0 Å². The van der Waals surface area contributed by atoms with Crippen LogP contribution >= 0.6 is 0 Å². The number of fused-ring (bicyclic) bond motifs is 1. The molecule has 3 aromatic carbocycles. The minimum Gasteiger partial charge on any atom is -0.507 e. The lowest BCUT2D eigenvalue weighted by Gasteiger charge is -2.39. The van der Waals surface area contributed by atoms with Gasteiger partial charge in [-0.1, -0.05) is 42.0 Å². The maximum Gasteiger partial charge on any atom is 0.340 e. The lowest BCUT2D eigenvalue weighted by molar-refractivity contribution is -0.150. The van der Waals surface area contributed by atoms with Crippen LogP contribution in [-0.4, -0.2) is 25.1 Å². The second-order valence-electron chi connectivity index (χ2n) is 9.35. The Bertz CT molecular complexity index is 1410. The van der Waals surface area contributed by atoms with Crippen molar-refractivity contribution in [2.75, 3.05) is 4.31 Å². The highest BCUT2D eigenvalue weighted by atomic mass is 32.2. The van der Waals surface area contributed by atoms with Crippen LogP contribution in [0.1, 0.15) is 43.5 Å². The molecule has 0 fully saturated rings. The molecule has 6 nitrogen and oxygen atoms in total. The number of para-hydroxylation sites is 1. The van der Waals surface area contributed by atoms with E-state index in [2.05, 4.69) is 0 Å². The molecule has 0 saturated carbocycles. The van der Waals surface area contributed by atoms with Crippen molar-refractivity contribution in [2.45, 2.75) is 44.2 Å². The number of ether oxygens (including phenoxy) is 1. The van der Waals surface area contributed by atoms with Crippen molar-refractivity contribution < 1.29 is 27.4 Å². The largest absolute Gasteiger partial charge is 0.507 e. The summed E-state index contributed by atoms with van der Waals surface area (Å²) in [5, 5.41) is 11.2. The molecule has 8 heteroatoms. The van der Waals surface area contributed by atoms with E-state index in [0.29, 0.717) is 5.56 Å². The maximum absolute atomic E-state index is 14.1. The number of hydrogen-bond donors (Lipinski definition) is 1. The number of aryl methyl sites for hydroxylation is 1. The van der Waals surface area contributed by atoms with E-state index >= 15 is 0 Å². The third-order valence-corrected chi connectivity index (χ3v) is 7.34. The lowest BCUT2D eigenvalue weighted by atomic mass is 9.90. The molecule has 35 heavy (non-hydrogen) atoms. The third-order valence-electron chi connectivity index (χ3n) is 5.54. The fraction of sp³-hybridized carbons (Fsp3) is 0.222. The van der Waals surface area contributed by atoms with Gasteiger partial charge < -0.3 is 9.84 Å². The molecule has 0 aliphatic carbocycles. The molecule has 1 aliphatic rings. The highest BCUT2D eigenvalue weighted by Crippen LogP contribution is 2.47. The van der Waals surface area contributed by atoms with E-state index < -0.39 is 33.5 Å². The molecule has 0 saturated heterocycles. The Kier molecular flexibility index (Phi) is 6.19. The van der Waals surface area contributed by atoms with E-state index in [1.165, 1.54) is 42.5 Å². The zero-order chi connectivity index (χ0) is 25.5. The molecular formula is C27H26FNO5S. The van der Waals surface area contributed by atoms with E-state index in [-0.39, 0.29) is 27.5 Å². The van der Waals surface area contributed by atoms with Crippen molar-refractivity contribution in [1.82, 2.24) is 0 Å². The summed E-state index contributed by atoms with van der Waals surface area (Å²) >= 11 is 0. The van der Waals surface area contributed by atoms with E-state index in [0.717, 1.165) is 9.87 Å². The second kappa shape index (κ2) is 8.85. The Morgan fingerprint density at radius 3 is 2.17 bits per heavy atom. The van der Waals surface area contributed by atoms with Gasteiger partial charge in [-0.2, -0.15) is 0 Å². The van der Waals surface area contributed by atoms with Gasteiger partial charge in [0.05, 0.1) is 10.6 Å². The standard InChI is InChI=1S/C27H26FNO5S/c1-17-9-15-20(16-10-17)35(32,33)29-22-8-6-5-7-21(22)25(30)23(26(31)34-27(2,3)4)24(29)18-11-13-19(28)14-12-18/h5-16,24,30H,1-4H3/t24-/m1/s1. The van der Waals surface area contributed by atoms with Gasteiger partial charge in [0.1, 0.15) is 28.8 Å². The van der Waals surface area contributed by atoms with Gasteiger partial charge in [0, 0.05) is 5.56 Å². The molecule has 1 heterocycles. The maximum atomic E-state index is 14.1. The van der Waals surface area contributed by atoms with Gasteiger partial charge in [0.15, 0.2) is 0 Å². The van der Waals surface area contributed by atoms with Crippen LogP contribution in [0.3, 0.4) is 0 Å². The van der Waals surface area contributed by atoms with Crippen LogP contribution in [0.2, 0.25) is 0 Å². The summed E-state index contributed by atoms with van der Waals surface area (Å²) < 4.78 is 48.6. The first-order valence-corrected chi connectivity index (χ1v) is 12.5. The van der Waals surface area contributed by atoms with Crippen molar-refractivity contribution >= 4 is 27.4 Å². The predicted molar refractivity (Wildman–Crippen MR) is 132 cm³/mol. The number of halogens is 1. The first kappa shape index (κ1) is 24.5. The van der Waals surface area contributed by atoms with Crippen LogP contribution in [0.15, 0.2) is 83.3 Å². The molecule has 0 aromatic heterocycles. The number of benzene rings is 3. The molecule has 1 N–H and O–H groups in total. The van der Waals surface area contributed by atoms with Gasteiger partial charge in [-0.05, 0) is 69.7 Å². The van der Waals surface area contributed by atoms with E-state index in [1.807, 2.05) is 6.92 Å². The average molecular weight is 496 g/mol. The number of anilines is 1. The molecule has 4 rings (SSSR count). The highest BCUT2D eigenvalue weighted by molar-refractivity contribution is 7.92. The monoisotopic (exact) mass is 495 g/mol. The van der Waals surface area contributed by atoms with Crippen molar-refractivity contribution in [3.63, 3.8) is 0 Å². The molecule has 3 aromatic rings. The highest BCUT2D eigenvalue weighted by Gasteiger charge is 2.45. The summed E-state index contributed by atoms with van der Waals surface area (Å²) in [5.74, 6) is -1.78. The normalized spacial score (nSPS) is 16.1. The minimum absolute atomic E-state index is 0.00921. The van der Waals surface area contributed by atoms with Crippen LogP contribution in [-0.2, 0) is 19.6 Å². The number of carbonyl (C=O) groups excluding carboxylic acids is 1. The van der Waals surface area contributed by atoms with Gasteiger partial charge in [-0.15, -0.1) is 0 Å². The van der Waals surface area contributed by atoms with Gasteiger partial charge in [-0.25, -0.2) is 17.6 Å². The Morgan fingerprint density at radius 2 is 1.57 bits per heavy atom. The smallest absolute Gasteiger partial charge is 0.340 e. The summed E-state index contributed by atoms with van der Waals surface area (Å²) in [6.45, 7) is 6.86. The first-order valence-electron chi connectivity index (χ1n) is 11.0. The van der Waals surface area contributed by atoms with E-state index in [1.54, 1.807) is 51.1 Å². The van der Waals surface area contributed by atoms with Crippen molar-refractivity contribution in [2.24, 2.45) is 0 Å². The predicted octanol–water partition coefficient (Wildman–Crippen LogP) is 5.70. The van der Waals surface area contributed by atoms with Crippen LogP contribution in [0.4, 0.5) is 10.1 Å². The second-order valence-corrected chi connectivity index (χ2v) is 11.2. The Labute approximate surface area is 204 Å². The van der Waals surface area contributed by atoms with Gasteiger partial charge in [0.2, 0.25) is 0 Å². The number of hydrogen-bond acceptors (Lipinski definition) is 5. The number of sulfonamides is 1. The summed E-state index contributed by atoms with van der Waals surface area (Å²) in [6, 6.07) is 16.5. The van der Waals surface area contributed by atoms with Crippen LogP contribution < -0.4 is 4.31 Å². The number of aliphatic hydroxyl groups is 1. The third kappa shape index (κ3) is 4.66. The minimum atomic E-state index is -4.25. The molecule has 0 unspecified atom stereocenters. The van der Waals surface area contributed by atoms with E-state index in [9.17, 15) is 22.7 Å². The fourth-order valence-corrected chi connectivity index (χ4v) is 5.61. The topological polar surface area (TPSA) is 83.9 Å².